The molecule has 14 N–H and O–H groups in total. The van der Waals surface area contributed by atoms with E-state index in [1.165, 1.54) is 59.2 Å². The molecule has 8 aromatic heterocycles. The Kier molecular flexibility index (Phi) is 17.1. The highest BCUT2D eigenvalue weighted by Gasteiger charge is 2.54. The van der Waals surface area contributed by atoms with Crippen LogP contribution in [0.4, 0.5) is 32.1 Å². The predicted octanol–water partition coefficient (Wildman–Crippen LogP) is 2.44. The first kappa shape index (κ1) is 62.5. The summed E-state index contributed by atoms with van der Waals surface area (Å²) in [6.07, 6.45) is -5.78. The summed E-state index contributed by atoms with van der Waals surface area (Å²) in [5.74, 6) is -0.225. The van der Waals surface area contributed by atoms with Crippen molar-refractivity contribution in [3.63, 3.8) is 0 Å². The smallest absolute Gasteiger partial charge is 0.325 e. The summed E-state index contributed by atoms with van der Waals surface area (Å²) < 4.78 is 95.5. The fourth-order valence-electron chi connectivity index (χ4n) is 10.7. The molecule has 6 aliphatic heterocycles. The van der Waals surface area contributed by atoms with Crippen LogP contribution in [0, 0.1) is 0 Å². The van der Waals surface area contributed by atoms with Crippen LogP contribution in [0.3, 0.4) is 0 Å². The zero-order valence-corrected chi connectivity index (χ0v) is 52.8. The minimum absolute atomic E-state index is 0.0457. The van der Waals surface area contributed by atoms with Crippen LogP contribution in [0.15, 0.2) is 59.0 Å². The van der Waals surface area contributed by atoms with Gasteiger partial charge in [0.1, 0.15) is 40.8 Å². The number of pyridine rings is 2. The molecule has 14 heterocycles. The summed E-state index contributed by atoms with van der Waals surface area (Å²) in [5.41, 5.74) is 24.4. The minimum Gasteiger partial charge on any atom is -0.398 e. The SMILES string of the molecule is Nc1nc2c(ncn2[C@@H]2S[C@@H]3COP(O)(=S)O[C@H]4[C@H](F)[C@H](n5ccc6c(N)ccnc65)O[C@@H]4COP(O)(=S)O[C@@H]2C3)c(=O)[nH]1.Nc1nc2c(ncn2[C@@H]2S[C@@H]3COP(O)(=S)O[C@H]4[C@H](F)[C@H](n5nnc6c(N)ccnc65)O[C@@H]4COP(O)(=S)O[C@@H]2C3)c(=O)[nH]1. The van der Waals surface area contributed by atoms with Crippen LogP contribution in [0.5, 0.6) is 0 Å². The van der Waals surface area contributed by atoms with E-state index in [0.717, 1.165) is 4.68 Å². The van der Waals surface area contributed by atoms with Crippen molar-refractivity contribution in [1.82, 2.24) is 68.6 Å². The lowest BCUT2D eigenvalue weighted by Crippen LogP contribution is -2.34. The Balaban J connectivity index is 0.000000162. The molecule has 0 spiro atoms. The lowest BCUT2D eigenvalue weighted by atomic mass is 10.1. The number of alkyl halides is 2. The number of hydrogen-bond acceptors (Lipinski definition) is 30. The average molecular weight is 1420 g/mol. The third kappa shape index (κ3) is 12.3. The third-order valence-electron chi connectivity index (χ3n) is 14.5. The van der Waals surface area contributed by atoms with Crippen molar-refractivity contribution in [2.75, 3.05) is 49.4 Å². The van der Waals surface area contributed by atoms with Crippen molar-refractivity contribution in [2.24, 2.45) is 0 Å². The third-order valence-corrected chi connectivity index (χ3v) is 23.9. The quantitative estimate of drug-likeness (QED) is 0.113. The van der Waals surface area contributed by atoms with E-state index in [1.807, 2.05) is 0 Å². The van der Waals surface area contributed by atoms with Gasteiger partial charge in [-0.15, -0.1) is 28.6 Å². The molecule has 472 valence electrons. The molecule has 46 heteroatoms. The number of anilines is 4. The van der Waals surface area contributed by atoms with Crippen molar-refractivity contribution < 1.29 is 74.0 Å². The number of imidazole rings is 2. The molecular formula is C42H48F2N18O16P4S6. The van der Waals surface area contributed by atoms with E-state index in [1.54, 1.807) is 27.5 Å². The van der Waals surface area contributed by atoms with Gasteiger partial charge in [-0.25, -0.2) is 28.7 Å². The molecule has 6 fully saturated rings. The topological polar surface area (TPSA) is 466 Å². The van der Waals surface area contributed by atoms with Crippen molar-refractivity contribution in [3.05, 3.63) is 70.2 Å². The van der Waals surface area contributed by atoms with E-state index in [9.17, 15) is 29.2 Å². The second kappa shape index (κ2) is 24.0. The maximum atomic E-state index is 16.1. The van der Waals surface area contributed by atoms with E-state index in [4.69, 9.17) is 116 Å². The number of hydrogen-bond donors (Lipinski definition) is 10. The molecule has 6 aliphatic rings. The molecule has 0 radical (unpaired) electrons. The summed E-state index contributed by atoms with van der Waals surface area (Å²) in [6, 6.07) is 4.81. The molecule has 0 aromatic carbocycles. The summed E-state index contributed by atoms with van der Waals surface area (Å²) in [7, 11) is 0. The monoisotopic (exact) mass is 1410 g/mol. The molecular weight excluding hydrogens is 1370 g/mol. The van der Waals surface area contributed by atoms with Crippen LogP contribution in [0.1, 0.15) is 36.0 Å². The van der Waals surface area contributed by atoms with Crippen LogP contribution in [-0.4, -0.2) is 174 Å². The number of ether oxygens (including phenoxy) is 2. The standard InChI is InChI=1S/C22H25FN8O8P2S3.C20H23FN10O8P2S3/c23-14-16-13(37-20(14)30-4-2-10-11(24)1-3-26-17(10)30)7-36-40(33,42)38-12-5-9(6-35-41(34,43)39-16)44-21(12)31-8-27-15-18(31)28-22(25)29-19(15)32;21-11-14-10(37-18(11)31-15-12(28-29-31)8(22)1-2-24-15)5-36-40(33,42)38-9-3-7(4-35-41(34,43)39-14)44-19(9)30-6-25-13-16(30)26-20(23)27-17(13)32/h1-4,8-9,12-14,16,20-21H,5-7H2,(H2,24,26)(H,33,42)(H,34,43)(H3,25,28,29,32);1-2,6-7,9-11,14,18-19H,3-5H2,(H2,22,24)(H,33,42)(H,34,43)(H3,23,26,27,32)/t9-,12+,13+,14-,16+,20+,21+,40?,41?;7-,9+,10+,11-,14+,18+,19+,40?,41?/m00/s1. The number of nitrogen functional groups attached to an aromatic ring is 4. The minimum atomic E-state index is -4.07. The molecule has 34 nitrogen and oxygen atoms in total. The summed E-state index contributed by atoms with van der Waals surface area (Å²) in [4.78, 5) is 98.9. The number of aromatic amines is 2. The number of nitrogens with two attached hydrogens (primary N) is 4. The lowest BCUT2D eigenvalue weighted by molar-refractivity contribution is -0.0488. The Morgan fingerprint density at radius 2 is 1.03 bits per heavy atom. The van der Waals surface area contributed by atoms with Crippen molar-refractivity contribution >= 4 is 165 Å². The average Bonchev–Trinajstić information content (AvgIpc) is 1.87. The molecule has 18 atom stereocenters. The molecule has 4 unspecified atom stereocenters. The molecule has 4 bridgehead atoms. The van der Waals surface area contributed by atoms with Gasteiger partial charge in [0.05, 0.1) is 57.0 Å². The number of halogens is 2. The fraction of sp³-hybridized carbons (Fsp3) is 0.476. The highest BCUT2D eigenvalue weighted by Crippen LogP contribution is 2.59. The summed E-state index contributed by atoms with van der Waals surface area (Å²) in [5, 5.41) is 6.49. The van der Waals surface area contributed by atoms with Crippen LogP contribution >= 0.6 is 50.4 Å². The van der Waals surface area contributed by atoms with Gasteiger partial charge in [-0.1, -0.05) is 5.21 Å². The Morgan fingerprint density at radius 1 is 0.568 bits per heavy atom. The molecule has 0 amide bonds. The van der Waals surface area contributed by atoms with Gasteiger partial charge in [0, 0.05) is 40.2 Å². The van der Waals surface area contributed by atoms with Crippen LogP contribution in [0.25, 0.3) is 44.5 Å². The zero-order valence-electron chi connectivity index (χ0n) is 44.3. The van der Waals surface area contributed by atoms with Gasteiger partial charge >= 0.3 is 26.9 Å². The summed E-state index contributed by atoms with van der Waals surface area (Å²) >= 11 is 23.8. The fourth-order valence-corrected chi connectivity index (χ4v) is 19.8. The first-order valence-electron chi connectivity index (χ1n) is 25.9. The normalized spacial score (nSPS) is 36.6. The van der Waals surface area contributed by atoms with Gasteiger partial charge in [0.2, 0.25) is 11.9 Å². The number of H-pyrrole nitrogens is 2. The predicted molar refractivity (Wildman–Crippen MR) is 326 cm³/mol. The number of nitrogens with zero attached hydrogens (tertiary/aromatic N) is 12. The van der Waals surface area contributed by atoms with Gasteiger partial charge in [0.25, 0.3) is 11.1 Å². The van der Waals surface area contributed by atoms with Crippen LogP contribution in [-0.2, 0) is 92.9 Å². The number of nitrogens with one attached hydrogen (secondary N) is 2. The molecule has 14 rings (SSSR count). The van der Waals surface area contributed by atoms with Crippen molar-refractivity contribution in [2.45, 2.75) is 95.5 Å². The Hall–Kier alpha value is -4.26. The first-order chi connectivity index (χ1) is 41.8. The van der Waals surface area contributed by atoms with Gasteiger partial charge < -0.3 is 83.7 Å². The lowest BCUT2D eigenvalue weighted by Gasteiger charge is -2.27. The number of rotatable bonds is 4. The second-order valence-electron chi connectivity index (χ2n) is 20.3. The van der Waals surface area contributed by atoms with Gasteiger partial charge in [-0.3, -0.25) is 37.7 Å². The highest BCUT2D eigenvalue weighted by molar-refractivity contribution is 8.08. The number of fused-ring (bicyclic) bond motifs is 10. The largest absolute Gasteiger partial charge is 0.398 e. The van der Waals surface area contributed by atoms with Gasteiger partial charge in [-0.05, 0) is 78.3 Å². The maximum Gasteiger partial charge on any atom is 0.325 e. The van der Waals surface area contributed by atoms with E-state index >= 15 is 8.78 Å². The van der Waals surface area contributed by atoms with Crippen LogP contribution in [0.2, 0.25) is 0 Å². The Bertz CT molecular complexity index is 4100. The highest BCUT2D eigenvalue weighted by atomic mass is 32.5. The zero-order chi connectivity index (χ0) is 61.9. The van der Waals surface area contributed by atoms with Crippen LogP contribution < -0.4 is 34.1 Å². The Labute approximate surface area is 520 Å². The van der Waals surface area contributed by atoms with E-state index < -0.39 is 129 Å². The maximum absolute atomic E-state index is 16.1. The molecule has 88 heavy (non-hydrogen) atoms. The van der Waals surface area contributed by atoms with Gasteiger partial charge in [0.15, 0.2) is 58.3 Å². The molecule has 0 aliphatic carbocycles. The van der Waals surface area contributed by atoms with E-state index in [2.05, 4.69) is 50.2 Å². The van der Waals surface area contributed by atoms with Crippen molar-refractivity contribution in [1.29, 1.82) is 0 Å². The van der Waals surface area contributed by atoms with Gasteiger partial charge in [-0.2, -0.15) is 14.6 Å². The molecule has 6 saturated heterocycles. The van der Waals surface area contributed by atoms with E-state index in [0.29, 0.717) is 16.7 Å². The second-order valence-corrected chi connectivity index (χ2v) is 34.3. The number of thioether (sulfide) groups is 2. The van der Waals surface area contributed by atoms with Crippen molar-refractivity contribution in [3.8, 4) is 0 Å². The Morgan fingerprint density at radius 3 is 1.57 bits per heavy atom. The molecule has 8 aromatic rings. The molecule has 0 saturated carbocycles. The van der Waals surface area contributed by atoms with E-state index in [-0.39, 0.29) is 82.4 Å². The summed E-state index contributed by atoms with van der Waals surface area (Å²) in [6.45, 7) is -17.3. The first-order valence-corrected chi connectivity index (χ1v) is 38.2. The number of aromatic nitrogens is 14.